The van der Waals surface area contributed by atoms with Crippen LogP contribution in [0.3, 0.4) is 0 Å². The summed E-state index contributed by atoms with van der Waals surface area (Å²) in [6, 6.07) is 2.11. The Morgan fingerprint density at radius 1 is 1.11 bits per heavy atom. The summed E-state index contributed by atoms with van der Waals surface area (Å²) in [5.41, 5.74) is 17.4. The number of unbranched alkanes of at least 4 members (excludes halogenated alkanes) is 1. The number of nitrogens with one attached hydrogen (secondary N) is 2. The minimum Gasteiger partial charge on any atom is -0.508 e. The Labute approximate surface area is 210 Å². The number of carbonyl (C=O) groups excluding carboxylic acids is 4. The predicted octanol–water partition coefficient (Wildman–Crippen LogP) is -1.78. The number of nitrogens with zero attached hydrogens (tertiary/aromatic N) is 1. The highest BCUT2D eigenvalue weighted by Crippen LogP contribution is 2.20. The van der Waals surface area contributed by atoms with Gasteiger partial charge >= 0.3 is 0 Å². The lowest BCUT2D eigenvalue weighted by molar-refractivity contribution is -0.142. The van der Waals surface area contributed by atoms with Crippen LogP contribution < -0.4 is 27.8 Å². The summed E-state index contributed by atoms with van der Waals surface area (Å²) >= 11 is 0. The van der Waals surface area contributed by atoms with Crippen LogP contribution in [0.2, 0.25) is 0 Å². The number of hydrogen-bond acceptors (Lipinski definition) is 8. The van der Waals surface area contributed by atoms with Gasteiger partial charge in [-0.15, -0.1) is 0 Å². The summed E-state index contributed by atoms with van der Waals surface area (Å²) in [6.45, 7) is 2.14. The second-order valence-electron chi connectivity index (χ2n) is 9.14. The standard InChI is InChI=1S/C24H38N6O6/c1-14(31)20(26)24(36)30-12-4-6-19(30)23(35)29-18(13-15-7-9-16(32)10-8-15)22(34)28-17(21(27)33)5-2-3-11-25/h7-10,14,17-20,31-32H,2-6,11-13,25-26H2,1H3,(H2,27,33)(H,28,34)(H,29,35)/t14-,17+,18+,19+,20+/m1/s1. The van der Waals surface area contributed by atoms with Crippen LogP contribution in [0.5, 0.6) is 5.75 Å². The number of aliphatic hydroxyl groups is 1. The Hall–Kier alpha value is -3.22. The molecular weight excluding hydrogens is 468 g/mol. The Bertz CT molecular complexity index is 909. The molecule has 200 valence electrons. The molecule has 1 aromatic carbocycles. The Morgan fingerprint density at radius 3 is 2.36 bits per heavy atom. The average molecular weight is 507 g/mol. The monoisotopic (exact) mass is 506 g/mol. The molecule has 0 unspecified atom stereocenters. The summed E-state index contributed by atoms with van der Waals surface area (Å²) in [7, 11) is 0. The highest BCUT2D eigenvalue weighted by atomic mass is 16.3. The van der Waals surface area contributed by atoms with E-state index in [9.17, 15) is 29.4 Å². The van der Waals surface area contributed by atoms with E-state index in [4.69, 9.17) is 17.2 Å². The molecule has 0 saturated carbocycles. The van der Waals surface area contributed by atoms with Gasteiger partial charge in [-0.3, -0.25) is 19.2 Å². The van der Waals surface area contributed by atoms with Crippen LogP contribution >= 0.6 is 0 Å². The molecule has 2 rings (SSSR count). The SMILES string of the molecule is C[C@@H](O)[C@H](N)C(=O)N1CCC[C@H]1C(=O)N[C@@H](Cc1ccc(O)cc1)C(=O)N[C@@H](CCCCN)C(N)=O. The molecule has 1 heterocycles. The molecule has 0 aliphatic carbocycles. The third kappa shape index (κ3) is 8.18. The summed E-state index contributed by atoms with van der Waals surface area (Å²) in [6.07, 6.45) is 1.48. The van der Waals surface area contributed by atoms with Gasteiger partial charge in [0.25, 0.3) is 0 Å². The van der Waals surface area contributed by atoms with Crippen molar-refractivity contribution in [1.29, 1.82) is 0 Å². The Morgan fingerprint density at radius 2 is 1.78 bits per heavy atom. The van der Waals surface area contributed by atoms with Crippen molar-refractivity contribution >= 4 is 23.6 Å². The number of phenolic OH excluding ortho intramolecular Hbond substituents is 1. The smallest absolute Gasteiger partial charge is 0.243 e. The maximum atomic E-state index is 13.2. The molecule has 10 N–H and O–H groups in total. The molecule has 1 aromatic rings. The third-order valence-electron chi connectivity index (χ3n) is 6.26. The van der Waals surface area contributed by atoms with Crippen LogP contribution in [0.15, 0.2) is 24.3 Å². The highest BCUT2D eigenvalue weighted by molar-refractivity contribution is 5.95. The number of aromatic hydroxyl groups is 1. The number of carbonyl (C=O) groups is 4. The number of hydrogen-bond donors (Lipinski definition) is 7. The molecule has 36 heavy (non-hydrogen) atoms. The van der Waals surface area contributed by atoms with E-state index in [1.54, 1.807) is 12.1 Å². The summed E-state index contributed by atoms with van der Waals surface area (Å²) in [5, 5.41) is 24.6. The van der Waals surface area contributed by atoms with Crippen molar-refractivity contribution in [2.45, 2.75) is 75.7 Å². The van der Waals surface area contributed by atoms with Crippen LogP contribution in [0, 0.1) is 0 Å². The molecule has 5 atom stereocenters. The lowest BCUT2D eigenvalue weighted by Crippen LogP contribution is -2.58. The molecule has 4 amide bonds. The summed E-state index contributed by atoms with van der Waals surface area (Å²) < 4.78 is 0. The maximum absolute atomic E-state index is 13.2. The second-order valence-corrected chi connectivity index (χ2v) is 9.14. The number of amides is 4. The first-order chi connectivity index (χ1) is 17.0. The van der Waals surface area contributed by atoms with E-state index in [0.717, 1.165) is 0 Å². The van der Waals surface area contributed by atoms with Gasteiger partial charge in [0.2, 0.25) is 23.6 Å². The number of benzene rings is 1. The van der Waals surface area contributed by atoms with Crippen molar-refractivity contribution in [2.75, 3.05) is 13.1 Å². The van der Waals surface area contributed by atoms with Gasteiger partial charge in [0.1, 0.15) is 29.9 Å². The molecule has 12 nitrogen and oxygen atoms in total. The lowest BCUT2D eigenvalue weighted by Gasteiger charge is -2.29. The average Bonchev–Trinajstić information content (AvgIpc) is 3.33. The summed E-state index contributed by atoms with van der Waals surface area (Å²) in [5.74, 6) is -2.35. The van der Waals surface area contributed by atoms with E-state index in [-0.39, 0.29) is 12.2 Å². The first-order valence-corrected chi connectivity index (χ1v) is 12.2. The van der Waals surface area contributed by atoms with E-state index in [1.807, 2.05) is 0 Å². The molecule has 0 bridgehead atoms. The normalized spacial score (nSPS) is 18.7. The maximum Gasteiger partial charge on any atom is 0.243 e. The van der Waals surface area contributed by atoms with Gasteiger partial charge < -0.3 is 42.9 Å². The fourth-order valence-electron chi connectivity index (χ4n) is 4.10. The van der Waals surface area contributed by atoms with Crippen molar-refractivity contribution in [3.8, 4) is 5.75 Å². The molecular formula is C24H38N6O6. The number of likely N-dealkylation sites (tertiary alicyclic amines) is 1. The summed E-state index contributed by atoms with van der Waals surface area (Å²) in [4.78, 5) is 52.3. The van der Waals surface area contributed by atoms with Crippen LogP contribution in [-0.2, 0) is 25.6 Å². The minimum absolute atomic E-state index is 0.0482. The van der Waals surface area contributed by atoms with Gasteiger partial charge in [0, 0.05) is 13.0 Å². The number of rotatable bonds is 13. The number of phenols is 1. The molecule has 1 aliphatic rings. The fourth-order valence-corrected chi connectivity index (χ4v) is 4.10. The first-order valence-electron chi connectivity index (χ1n) is 12.2. The molecule has 1 saturated heterocycles. The van der Waals surface area contributed by atoms with Crippen molar-refractivity contribution < 1.29 is 29.4 Å². The van der Waals surface area contributed by atoms with Gasteiger partial charge in [-0.25, -0.2) is 0 Å². The molecule has 12 heteroatoms. The van der Waals surface area contributed by atoms with Crippen LogP contribution in [0.1, 0.15) is 44.6 Å². The van der Waals surface area contributed by atoms with Gasteiger partial charge in [-0.05, 0) is 63.3 Å². The molecule has 0 spiro atoms. The van der Waals surface area contributed by atoms with Gasteiger partial charge in [-0.1, -0.05) is 12.1 Å². The zero-order chi connectivity index (χ0) is 26.8. The number of aliphatic hydroxyl groups excluding tert-OH is 1. The van der Waals surface area contributed by atoms with Crippen molar-refractivity contribution in [1.82, 2.24) is 15.5 Å². The third-order valence-corrected chi connectivity index (χ3v) is 6.26. The zero-order valence-electron chi connectivity index (χ0n) is 20.6. The highest BCUT2D eigenvalue weighted by Gasteiger charge is 2.38. The number of primary amides is 1. The first kappa shape index (κ1) is 29.0. The van der Waals surface area contributed by atoms with E-state index in [1.165, 1.54) is 24.0 Å². The van der Waals surface area contributed by atoms with Crippen LogP contribution in [-0.4, -0.2) is 82.1 Å². The largest absolute Gasteiger partial charge is 0.508 e. The van der Waals surface area contributed by atoms with Crippen molar-refractivity contribution in [3.05, 3.63) is 29.8 Å². The molecule has 1 aliphatic heterocycles. The lowest BCUT2D eigenvalue weighted by atomic mass is 10.0. The Kier molecular flexibility index (Phi) is 11.1. The fraction of sp³-hybridized carbons (Fsp3) is 0.583. The van der Waals surface area contributed by atoms with E-state index in [2.05, 4.69) is 10.6 Å². The second kappa shape index (κ2) is 13.8. The van der Waals surface area contributed by atoms with Gasteiger partial charge in [0.05, 0.1) is 6.10 Å². The molecule has 0 aromatic heterocycles. The van der Waals surface area contributed by atoms with Crippen molar-refractivity contribution in [2.24, 2.45) is 17.2 Å². The zero-order valence-corrected chi connectivity index (χ0v) is 20.6. The van der Waals surface area contributed by atoms with Gasteiger partial charge in [0.15, 0.2) is 0 Å². The van der Waals surface area contributed by atoms with Gasteiger partial charge in [-0.2, -0.15) is 0 Å². The van der Waals surface area contributed by atoms with E-state index >= 15 is 0 Å². The molecule has 1 fully saturated rings. The van der Waals surface area contributed by atoms with E-state index in [0.29, 0.717) is 50.8 Å². The topological polar surface area (TPSA) is 214 Å². The predicted molar refractivity (Wildman–Crippen MR) is 132 cm³/mol. The number of nitrogens with two attached hydrogens (primary N) is 3. The van der Waals surface area contributed by atoms with Crippen LogP contribution in [0.25, 0.3) is 0 Å². The quantitative estimate of drug-likeness (QED) is 0.151. The molecule has 0 radical (unpaired) electrons. The van der Waals surface area contributed by atoms with Crippen molar-refractivity contribution in [3.63, 3.8) is 0 Å². The Balaban J connectivity index is 2.20. The minimum atomic E-state index is -1.17. The van der Waals surface area contributed by atoms with Crippen LogP contribution in [0.4, 0.5) is 0 Å². The van der Waals surface area contributed by atoms with E-state index < -0.39 is 53.9 Å².